The third-order valence-electron chi connectivity index (χ3n) is 6.61. The molecule has 1 aliphatic heterocycles. The molecule has 43 heavy (non-hydrogen) atoms. The lowest BCUT2D eigenvalue weighted by Gasteiger charge is -2.23. The van der Waals surface area contributed by atoms with Crippen molar-refractivity contribution in [3.05, 3.63) is 89.8 Å². The van der Waals surface area contributed by atoms with E-state index in [1.54, 1.807) is 7.11 Å². The van der Waals surface area contributed by atoms with Crippen molar-refractivity contribution in [2.75, 3.05) is 23.1 Å². The van der Waals surface area contributed by atoms with Gasteiger partial charge in [-0.1, -0.05) is 30.0 Å². The minimum atomic E-state index is -4.51. The predicted octanol–water partition coefficient (Wildman–Crippen LogP) is 6.78. The van der Waals surface area contributed by atoms with Crippen LogP contribution in [0.2, 0.25) is 0 Å². The second-order valence-corrected chi connectivity index (χ2v) is 10.5. The zero-order chi connectivity index (χ0) is 30.9. The maximum Gasteiger partial charge on any atom is 0.417 e. The van der Waals surface area contributed by atoms with Gasteiger partial charge >= 0.3 is 12.2 Å². The number of benzene rings is 2. The summed E-state index contributed by atoms with van der Waals surface area (Å²) in [5.74, 6) is -0.747. The molecule has 0 radical (unpaired) electrons. The zero-order valence-electron chi connectivity index (χ0n) is 23.0. The Balaban J connectivity index is 1.33. The third kappa shape index (κ3) is 6.44. The molecule has 1 atom stereocenters. The number of ether oxygens (including phenoxy) is 1. The number of hydrogen-bond donors (Lipinski definition) is 1. The van der Waals surface area contributed by atoms with Crippen LogP contribution < -0.4 is 10.2 Å². The molecule has 9 nitrogen and oxygen atoms in total. The number of anilines is 2. The van der Waals surface area contributed by atoms with Gasteiger partial charge in [0, 0.05) is 30.6 Å². The average Bonchev–Trinajstić information content (AvgIpc) is 3.60. The first-order chi connectivity index (χ1) is 20.4. The Morgan fingerprint density at radius 2 is 1.93 bits per heavy atom. The van der Waals surface area contributed by atoms with E-state index in [2.05, 4.69) is 20.3 Å². The van der Waals surface area contributed by atoms with E-state index in [1.165, 1.54) is 40.2 Å². The van der Waals surface area contributed by atoms with Crippen LogP contribution in [0, 0.1) is 12.7 Å². The first-order valence-electron chi connectivity index (χ1n) is 12.8. The average molecular weight is 613 g/mol. The molecule has 0 saturated carbocycles. The number of nitrogens with zero attached hydrogens (tertiary/aromatic N) is 5. The highest BCUT2D eigenvalue weighted by atomic mass is 32.2. The van der Waals surface area contributed by atoms with Crippen LogP contribution in [0.5, 0.6) is 0 Å². The number of carbonyl (C=O) groups excluding carboxylic acids is 2. The number of carbonyl (C=O) groups is 2. The second-order valence-electron chi connectivity index (χ2n) is 9.55. The van der Waals surface area contributed by atoms with E-state index in [9.17, 15) is 22.8 Å². The highest BCUT2D eigenvalue weighted by Crippen LogP contribution is 2.35. The van der Waals surface area contributed by atoms with Crippen LogP contribution in [0.1, 0.15) is 29.7 Å². The van der Waals surface area contributed by atoms with Crippen LogP contribution in [0.4, 0.5) is 33.7 Å². The quantitative estimate of drug-likeness (QED) is 0.241. The molecule has 1 aliphatic rings. The lowest BCUT2D eigenvalue weighted by atomic mass is 10.0. The van der Waals surface area contributed by atoms with Gasteiger partial charge in [-0.3, -0.25) is 14.3 Å². The Hall–Kier alpha value is -4.56. The van der Waals surface area contributed by atoms with E-state index in [-0.39, 0.29) is 34.4 Å². The van der Waals surface area contributed by atoms with Gasteiger partial charge in [-0.25, -0.2) is 19.2 Å². The topological polar surface area (TPSA) is 102 Å². The van der Waals surface area contributed by atoms with Gasteiger partial charge in [-0.2, -0.15) is 18.2 Å². The zero-order valence-corrected chi connectivity index (χ0v) is 23.8. The molecule has 2 aromatic carbocycles. The molecule has 222 valence electrons. The number of pyridine rings is 1. The van der Waals surface area contributed by atoms with Crippen molar-refractivity contribution >= 4 is 40.2 Å². The number of aromatic nitrogens is 3. The molecule has 1 N–H and O–H groups in total. The van der Waals surface area contributed by atoms with E-state index >= 15 is 4.39 Å². The van der Waals surface area contributed by atoms with Crippen LogP contribution in [0.3, 0.4) is 0 Å². The number of rotatable bonds is 6. The Bertz CT molecular complexity index is 1720. The number of methoxy groups -OCH3 is 1. The van der Waals surface area contributed by atoms with Gasteiger partial charge in [0.05, 0.1) is 34.5 Å². The summed E-state index contributed by atoms with van der Waals surface area (Å²) in [6.07, 6.45) is -1.29. The molecule has 1 fully saturated rings. The number of aliphatic imine (C=N–C) groups is 1. The summed E-state index contributed by atoms with van der Waals surface area (Å²) in [4.78, 5) is 39.0. The number of amidine groups is 1. The number of urea groups is 1. The van der Waals surface area contributed by atoms with Gasteiger partial charge in [0.1, 0.15) is 18.0 Å². The number of hydrogen-bond acceptors (Lipinski definition) is 6. The molecule has 2 aromatic heterocycles. The van der Waals surface area contributed by atoms with Crippen LogP contribution in [-0.2, 0) is 15.7 Å². The smallest absolute Gasteiger partial charge is 0.377 e. The van der Waals surface area contributed by atoms with E-state index in [0.29, 0.717) is 23.1 Å². The number of thioether (sulfide) groups is 1. The molecule has 1 unspecified atom stereocenters. The van der Waals surface area contributed by atoms with Gasteiger partial charge in [-0.15, -0.1) is 0 Å². The van der Waals surface area contributed by atoms with Crippen LogP contribution in [0.15, 0.2) is 72.2 Å². The SMILES string of the molecule is COC(C)c1ccc(C)cc1N1C(=O)CSC1=NC(=O)Nc1ccc(-c2cn(-c3ccc(C(F)(F)F)cn3)cn2)cc1F. The molecule has 3 heterocycles. The minimum absolute atomic E-state index is 0.0819. The molecular formula is C29H24F4N6O3S. The molecule has 14 heteroatoms. The highest BCUT2D eigenvalue weighted by Gasteiger charge is 2.33. The van der Waals surface area contributed by atoms with E-state index in [1.807, 2.05) is 32.0 Å². The Kier molecular flexibility index (Phi) is 8.33. The van der Waals surface area contributed by atoms with Crippen molar-refractivity contribution in [1.82, 2.24) is 14.5 Å². The van der Waals surface area contributed by atoms with Crippen molar-refractivity contribution in [2.45, 2.75) is 26.1 Å². The number of nitrogens with one attached hydrogen (secondary N) is 1. The predicted molar refractivity (Wildman–Crippen MR) is 155 cm³/mol. The van der Waals surface area contributed by atoms with Gasteiger partial charge in [-0.05, 0) is 49.7 Å². The Labute approximate surface area is 247 Å². The summed E-state index contributed by atoms with van der Waals surface area (Å²) in [6, 6.07) is 10.8. The summed E-state index contributed by atoms with van der Waals surface area (Å²) in [5, 5.41) is 2.56. The second kappa shape index (κ2) is 12.0. The first kappa shape index (κ1) is 29.9. The summed E-state index contributed by atoms with van der Waals surface area (Å²) in [6.45, 7) is 3.72. The normalized spacial score (nSPS) is 15.3. The van der Waals surface area contributed by atoms with Gasteiger partial charge in [0.15, 0.2) is 5.17 Å². The molecule has 5 rings (SSSR count). The fourth-order valence-electron chi connectivity index (χ4n) is 4.31. The summed E-state index contributed by atoms with van der Waals surface area (Å²) >= 11 is 1.09. The number of halogens is 4. The summed E-state index contributed by atoms with van der Waals surface area (Å²) in [5.41, 5.74) is 1.86. The van der Waals surface area contributed by atoms with Crippen molar-refractivity contribution in [3.8, 4) is 17.1 Å². The van der Waals surface area contributed by atoms with Crippen molar-refractivity contribution in [3.63, 3.8) is 0 Å². The van der Waals surface area contributed by atoms with Crippen molar-refractivity contribution in [2.24, 2.45) is 4.99 Å². The Morgan fingerprint density at radius 3 is 2.60 bits per heavy atom. The van der Waals surface area contributed by atoms with Crippen molar-refractivity contribution in [1.29, 1.82) is 0 Å². The Morgan fingerprint density at radius 1 is 1.14 bits per heavy atom. The van der Waals surface area contributed by atoms with E-state index in [0.717, 1.165) is 35.0 Å². The van der Waals surface area contributed by atoms with Gasteiger partial charge in [0.25, 0.3) is 0 Å². The standard InChI is InChI=1S/C29H24F4N6O3S/c1-16-4-7-20(17(2)42-3)24(10-16)39-26(40)14-43-28(39)37-27(41)36-22-8-5-18(11-21(22)30)23-13-38(15-35-23)25-9-6-19(12-34-25)29(31,32)33/h4-13,15,17H,14H2,1-3H3,(H,36,41). The number of aryl methyl sites for hydroxylation is 1. The van der Waals surface area contributed by atoms with E-state index < -0.39 is 23.6 Å². The number of amides is 3. The first-order valence-corrected chi connectivity index (χ1v) is 13.8. The lowest BCUT2D eigenvalue weighted by molar-refractivity contribution is -0.137. The van der Waals surface area contributed by atoms with E-state index in [4.69, 9.17) is 4.74 Å². The third-order valence-corrected chi connectivity index (χ3v) is 7.53. The fourth-order valence-corrected chi connectivity index (χ4v) is 5.17. The molecule has 0 aliphatic carbocycles. The largest absolute Gasteiger partial charge is 0.417 e. The minimum Gasteiger partial charge on any atom is -0.377 e. The van der Waals surface area contributed by atoms with Gasteiger partial charge < -0.3 is 10.1 Å². The monoisotopic (exact) mass is 612 g/mol. The lowest BCUT2D eigenvalue weighted by Crippen LogP contribution is -2.31. The number of imidazole rings is 1. The summed E-state index contributed by atoms with van der Waals surface area (Å²) < 4.78 is 60.3. The van der Waals surface area contributed by atoms with Crippen LogP contribution >= 0.6 is 11.8 Å². The molecule has 1 saturated heterocycles. The fraction of sp³-hybridized carbons (Fsp3) is 0.207. The molecule has 3 amide bonds. The highest BCUT2D eigenvalue weighted by molar-refractivity contribution is 8.15. The van der Waals surface area contributed by atoms with Gasteiger partial charge in [0.2, 0.25) is 5.91 Å². The van der Waals surface area contributed by atoms with Crippen LogP contribution in [0.25, 0.3) is 17.1 Å². The summed E-state index contributed by atoms with van der Waals surface area (Å²) in [7, 11) is 1.55. The molecule has 0 spiro atoms. The van der Waals surface area contributed by atoms with Crippen molar-refractivity contribution < 1.29 is 31.9 Å². The molecular weight excluding hydrogens is 588 g/mol. The van der Waals surface area contributed by atoms with Crippen LogP contribution in [-0.4, -0.2) is 44.5 Å². The maximum absolute atomic E-state index is 15.0. The number of alkyl halides is 3. The molecule has 4 aromatic rings. The molecule has 0 bridgehead atoms. The maximum atomic E-state index is 15.0.